The van der Waals surface area contributed by atoms with E-state index < -0.39 is 23.8 Å². The van der Waals surface area contributed by atoms with Gasteiger partial charge >= 0.3 is 5.97 Å². The fourth-order valence-electron chi connectivity index (χ4n) is 2.06. The Hall–Kier alpha value is -1.66. The molecule has 1 aliphatic rings. The molecule has 2 rings (SSSR count). The van der Waals surface area contributed by atoms with E-state index in [4.69, 9.17) is 21.4 Å². The number of rotatable bonds is 3. The summed E-state index contributed by atoms with van der Waals surface area (Å²) in [6.07, 6.45) is -0.738. The van der Waals surface area contributed by atoms with Crippen molar-refractivity contribution in [3.63, 3.8) is 0 Å². The van der Waals surface area contributed by atoms with Crippen molar-refractivity contribution in [3.05, 3.63) is 34.6 Å². The molecule has 1 aromatic carbocycles. The quantitative estimate of drug-likeness (QED) is 0.924. The van der Waals surface area contributed by atoms with Crippen LogP contribution in [0.5, 0.6) is 0 Å². The molecule has 1 saturated heterocycles. The summed E-state index contributed by atoms with van der Waals surface area (Å²) in [4.78, 5) is 24.4. The van der Waals surface area contributed by atoms with Gasteiger partial charge in [-0.05, 0) is 12.1 Å². The number of halogens is 2. The molecule has 0 aromatic heterocycles. The Morgan fingerprint density at radius 3 is 2.95 bits per heavy atom. The minimum absolute atomic E-state index is 0.0719. The van der Waals surface area contributed by atoms with Crippen LogP contribution in [0, 0.1) is 5.82 Å². The summed E-state index contributed by atoms with van der Waals surface area (Å²) >= 11 is 5.78. The Bertz CT molecular complexity index is 537. The summed E-state index contributed by atoms with van der Waals surface area (Å²) in [5.74, 6) is -2.07. The van der Waals surface area contributed by atoms with Crippen molar-refractivity contribution < 1.29 is 23.8 Å². The summed E-state index contributed by atoms with van der Waals surface area (Å²) in [7, 11) is 0. The molecule has 5 nitrogen and oxygen atoms in total. The summed E-state index contributed by atoms with van der Waals surface area (Å²) < 4.78 is 18.6. The number of aliphatic carboxylic acids is 1. The minimum Gasteiger partial charge on any atom is -0.481 e. The molecule has 7 heteroatoms. The first-order chi connectivity index (χ1) is 9.49. The number of hydrogen-bond acceptors (Lipinski definition) is 3. The van der Waals surface area contributed by atoms with Gasteiger partial charge in [0.25, 0.3) is 5.91 Å². The molecule has 1 amide bonds. The van der Waals surface area contributed by atoms with Crippen LogP contribution >= 0.6 is 11.6 Å². The average molecular weight is 302 g/mol. The second kappa shape index (κ2) is 6.19. The number of carboxylic acids is 1. The van der Waals surface area contributed by atoms with Crippen molar-refractivity contribution in [2.45, 2.75) is 12.5 Å². The van der Waals surface area contributed by atoms with Gasteiger partial charge in [-0.1, -0.05) is 17.7 Å². The van der Waals surface area contributed by atoms with Gasteiger partial charge < -0.3 is 14.7 Å². The largest absolute Gasteiger partial charge is 0.481 e. The Kier molecular flexibility index (Phi) is 4.57. The SMILES string of the molecule is O=C(O)C[C@H]1CN(C(=O)c2cccc(F)c2Cl)CCO1. The second-order valence-electron chi connectivity index (χ2n) is 4.44. The molecule has 1 N–H and O–H groups in total. The van der Waals surface area contributed by atoms with E-state index in [-0.39, 0.29) is 30.2 Å². The second-order valence-corrected chi connectivity index (χ2v) is 4.82. The van der Waals surface area contributed by atoms with E-state index in [1.165, 1.54) is 23.1 Å². The minimum atomic E-state index is -0.993. The molecule has 0 spiro atoms. The van der Waals surface area contributed by atoms with Gasteiger partial charge in [-0.3, -0.25) is 9.59 Å². The van der Waals surface area contributed by atoms with Crippen molar-refractivity contribution in [2.75, 3.05) is 19.7 Å². The lowest BCUT2D eigenvalue weighted by Gasteiger charge is -2.32. The van der Waals surface area contributed by atoms with E-state index >= 15 is 0 Å². The van der Waals surface area contributed by atoms with Crippen LogP contribution in [0.2, 0.25) is 5.02 Å². The molecule has 0 aliphatic carbocycles. The van der Waals surface area contributed by atoms with E-state index in [9.17, 15) is 14.0 Å². The van der Waals surface area contributed by atoms with Crippen LogP contribution in [0.3, 0.4) is 0 Å². The molecule has 1 atom stereocenters. The van der Waals surface area contributed by atoms with Crippen LogP contribution in [0.25, 0.3) is 0 Å². The van der Waals surface area contributed by atoms with Gasteiger partial charge in [0.2, 0.25) is 0 Å². The maximum atomic E-state index is 13.4. The maximum Gasteiger partial charge on any atom is 0.306 e. The third kappa shape index (κ3) is 3.26. The number of carboxylic acid groups (broad SMARTS) is 1. The van der Waals surface area contributed by atoms with Crippen molar-refractivity contribution in [1.29, 1.82) is 0 Å². The predicted octanol–water partition coefficient (Wildman–Crippen LogP) is 1.79. The molecule has 0 bridgehead atoms. The Balaban J connectivity index is 2.12. The highest BCUT2D eigenvalue weighted by molar-refractivity contribution is 6.34. The van der Waals surface area contributed by atoms with Gasteiger partial charge in [-0.2, -0.15) is 0 Å². The zero-order valence-corrected chi connectivity index (χ0v) is 11.3. The monoisotopic (exact) mass is 301 g/mol. The molecule has 1 aliphatic heterocycles. The molecule has 108 valence electrons. The van der Waals surface area contributed by atoms with Crippen molar-refractivity contribution >= 4 is 23.5 Å². The number of ether oxygens (including phenoxy) is 1. The lowest BCUT2D eigenvalue weighted by Crippen LogP contribution is -2.46. The number of hydrogen-bond donors (Lipinski definition) is 1. The van der Waals surface area contributed by atoms with E-state index in [0.29, 0.717) is 6.54 Å². The Morgan fingerprint density at radius 2 is 2.25 bits per heavy atom. The highest BCUT2D eigenvalue weighted by Crippen LogP contribution is 2.22. The first-order valence-electron chi connectivity index (χ1n) is 6.05. The fraction of sp³-hybridized carbons (Fsp3) is 0.385. The standard InChI is InChI=1S/C13H13ClFNO4/c14-12-9(2-1-3-10(12)15)13(19)16-4-5-20-8(7-16)6-11(17)18/h1-3,8H,4-7H2,(H,17,18)/t8-/m0/s1. The predicted molar refractivity (Wildman–Crippen MR) is 69.3 cm³/mol. The van der Waals surface area contributed by atoms with Crippen LogP contribution in [0.1, 0.15) is 16.8 Å². The average Bonchev–Trinajstić information content (AvgIpc) is 2.41. The van der Waals surface area contributed by atoms with Gasteiger partial charge in [0.1, 0.15) is 5.82 Å². The van der Waals surface area contributed by atoms with Gasteiger partial charge in [-0.25, -0.2) is 4.39 Å². The zero-order valence-electron chi connectivity index (χ0n) is 10.5. The third-order valence-electron chi connectivity index (χ3n) is 3.01. The summed E-state index contributed by atoms with van der Waals surface area (Å²) in [5, 5.41) is 8.51. The van der Waals surface area contributed by atoms with E-state index in [0.717, 1.165) is 0 Å². The smallest absolute Gasteiger partial charge is 0.306 e. The summed E-state index contributed by atoms with van der Waals surface area (Å²) in [5.41, 5.74) is 0.0719. The Labute approximate surface area is 119 Å². The van der Waals surface area contributed by atoms with Gasteiger partial charge in [0.15, 0.2) is 0 Å². The van der Waals surface area contributed by atoms with Crippen molar-refractivity contribution in [2.24, 2.45) is 0 Å². The molecular formula is C13H13ClFNO4. The summed E-state index contributed by atoms with van der Waals surface area (Å²) in [6, 6.07) is 4.02. The van der Waals surface area contributed by atoms with Crippen LogP contribution in [0.15, 0.2) is 18.2 Å². The van der Waals surface area contributed by atoms with Crippen LogP contribution in [-0.4, -0.2) is 47.7 Å². The maximum absolute atomic E-state index is 13.4. The zero-order chi connectivity index (χ0) is 14.7. The molecule has 0 unspecified atom stereocenters. The van der Waals surface area contributed by atoms with E-state index in [1.54, 1.807) is 0 Å². The number of nitrogens with zero attached hydrogens (tertiary/aromatic N) is 1. The molecule has 1 fully saturated rings. The highest BCUT2D eigenvalue weighted by Gasteiger charge is 2.28. The fourth-order valence-corrected chi connectivity index (χ4v) is 2.27. The number of carbonyl (C=O) groups is 2. The molecule has 0 radical (unpaired) electrons. The first kappa shape index (κ1) is 14.7. The molecule has 1 heterocycles. The first-order valence-corrected chi connectivity index (χ1v) is 6.43. The molecule has 20 heavy (non-hydrogen) atoms. The van der Waals surface area contributed by atoms with Crippen LogP contribution in [0.4, 0.5) is 4.39 Å². The van der Waals surface area contributed by atoms with E-state index in [2.05, 4.69) is 0 Å². The lowest BCUT2D eigenvalue weighted by atomic mass is 10.1. The van der Waals surface area contributed by atoms with Gasteiger partial charge in [0, 0.05) is 13.1 Å². The number of benzene rings is 1. The van der Waals surface area contributed by atoms with Crippen LogP contribution in [-0.2, 0) is 9.53 Å². The number of morpholine rings is 1. The molecule has 0 saturated carbocycles. The van der Waals surface area contributed by atoms with Gasteiger partial charge in [0.05, 0.1) is 29.7 Å². The van der Waals surface area contributed by atoms with E-state index in [1.807, 2.05) is 0 Å². The number of amides is 1. The number of carbonyl (C=O) groups excluding carboxylic acids is 1. The molecular weight excluding hydrogens is 289 g/mol. The topological polar surface area (TPSA) is 66.8 Å². The van der Waals surface area contributed by atoms with Crippen molar-refractivity contribution in [3.8, 4) is 0 Å². The van der Waals surface area contributed by atoms with Crippen LogP contribution < -0.4 is 0 Å². The summed E-state index contributed by atoms with van der Waals surface area (Å²) in [6.45, 7) is 0.719. The van der Waals surface area contributed by atoms with Gasteiger partial charge in [-0.15, -0.1) is 0 Å². The third-order valence-corrected chi connectivity index (χ3v) is 3.39. The normalized spacial score (nSPS) is 18.9. The highest BCUT2D eigenvalue weighted by atomic mass is 35.5. The lowest BCUT2D eigenvalue weighted by molar-refractivity contribution is -0.141. The Morgan fingerprint density at radius 1 is 1.50 bits per heavy atom. The molecule has 1 aromatic rings. The van der Waals surface area contributed by atoms with Crippen molar-refractivity contribution in [1.82, 2.24) is 4.90 Å².